The standard InChI is InChI=1S/C14H21NO/c1-10-5-6-12-13(9-10)15(7-8-16)11(2)14(12,3)4/h5-6,9,11,16H,7-8H2,1-4H3. The summed E-state index contributed by atoms with van der Waals surface area (Å²) in [4.78, 5) is 2.32. The van der Waals surface area contributed by atoms with E-state index < -0.39 is 0 Å². The van der Waals surface area contributed by atoms with E-state index in [-0.39, 0.29) is 12.0 Å². The highest BCUT2D eigenvalue weighted by atomic mass is 16.3. The minimum atomic E-state index is 0.165. The van der Waals surface area contributed by atoms with Gasteiger partial charge in [-0.25, -0.2) is 0 Å². The lowest BCUT2D eigenvalue weighted by molar-refractivity contribution is 0.293. The molecule has 16 heavy (non-hydrogen) atoms. The number of hydrogen-bond acceptors (Lipinski definition) is 2. The predicted molar refractivity (Wildman–Crippen MR) is 68.1 cm³/mol. The van der Waals surface area contributed by atoms with Gasteiger partial charge in [-0.3, -0.25) is 0 Å². The molecule has 1 N–H and O–H groups in total. The van der Waals surface area contributed by atoms with Crippen LogP contribution < -0.4 is 4.90 Å². The van der Waals surface area contributed by atoms with Gasteiger partial charge < -0.3 is 10.0 Å². The predicted octanol–water partition coefficient (Wildman–Crippen LogP) is 2.47. The lowest BCUT2D eigenvalue weighted by Crippen LogP contribution is -2.40. The molecule has 0 aromatic heterocycles. The summed E-state index contributed by atoms with van der Waals surface area (Å²) >= 11 is 0. The van der Waals surface area contributed by atoms with Crippen molar-refractivity contribution in [3.05, 3.63) is 29.3 Å². The summed E-state index contributed by atoms with van der Waals surface area (Å²) in [7, 11) is 0. The first kappa shape index (κ1) is 11.5. The van der Waals surface area contributed by atoms with Gasteiger partial charge in [-0.15, -0.1) is 0 Å². The van der Waals surface area contributed by atoms with Gasteiger partial charge in [0.1, 0.15) is 0 Å². The number of aliphatic hydroxyl groups excluding tert-OH is 1. The van der Waals surface area contributed by atoms with Gasteiger partial charge in [0.25, 0.3) is 0 Å². The Morgan fingerprint density at radius 2 is 2.06 bits per heavy atom. The van der Waals surface area contributed by atoms with E-state index in [1.54, 1.807) is 0 Å². The molecule has 0 saturated heterocycles. The number of β-amino-alcohol motifs (C(OH)–C–C–N with tert-alkyl or cyclic N) is 1. The highest BCUT2D eigenvalue weighted by Gasteiger charge is 2.41. The monoisotopic (exact) mass is 219 g/mol. The van der Waals surface area contributed by atoms with E-state index in [0.717, 1.165) is 6.54 Å². The van der Waals surface area contributed by atoms with E-state index in [1.165, 1.54) is 16.8 Å². The molecule has 1 unspecified atom stereocenters. The zero-order chi connectivity index (χ0) is 11.9. The van der Waals surface area contributed by atoms with Crippen molar-refractivity contribution in [2.24, 2.45) is 0 Å². The van der Waals surface area contributed by atoms with Gasteiger partial charge in [-0.1, -0.05) is 26.0 Å². The minimum absolute atomic E-state index is 0.165. The van der Waals surface area contributed by atoms with Crippen LogP contribution in [0.15, 0.2) is 18.2 Å². The summed E-state index contributed by atoms with van der Waals surface area (Å²) in [5.74, 6) is 0. The van der Waals surface area contributed by atoms with Crippen molar-refractivity contribution in [1.29, 1.82) is 0 Å². The Morgan fingerprint density at radius 3 is 2.69 bits per heavy atom. The molecule has 1 aliphatic heterocycles. The van der Waals surface area contributed by atoms with Crippen LogP contribution in [0.25, 0.3) is 0 Å². The molecule has 0 fully saturated rings. The van der Waals surface area contributed by atoms with Crippen LogP contribution in [0.3, 0.4) is 0 Å². The van der Waals surface area contributed by atoms with Crippen LogP contribution in [0.2, 0.25) is 0 Å². The Morgan fingerprint density at radius 1 is 1.38 bits per heavy atom. The van der Waals surface area contributed by atoms with Crippen molar-refractivity contribution in [2.45, 2.75) is 39.2 Å². The molecule has 0 bridgehead atoms. The van der Waals surface area contributed by atoms with Gasteiger partial charge in [0, 0.05) is 23.7 Å². The zero-order valence-corrected chi connectivity index (χ0v) is 10.6. The van der Waals surface area contributed by atoms with Gasteiger partial charge in [0.05, 0.1) is 6.61 Å². The van der Waals surface area contributed by atoms with E-state index in [0.29, 0.717) is 6.04 Å². The highest BCUT2D eigenvalue weighted by Crippen LogP contribution is 2.44. The molecule has 0 aliphatic carbocycles. The first-order valence-electron chi connectivity index (χ1n) is 5.97. The molecule has 0 radical (unpaired) electrons. The molecular formula is C14H21NO. The van der Waals surface area contributed by atoms with Crippen LogP contribution in [0, 0.1) is 6.92 Å². The Bertz CT molecular complexity index is 398. The molecule has 1 heterocycles. The maximum Gasteiger partial charge on any atom is 0.0606 e. The summed E-state index contributed by atoms with van der Waals surface area (Å²) in [6, 6.07) is 7.08. The SMILES string of the molecule is Cc1ccc2c(c1)N(CCO)C(C)C2(C)C. The summed E-state index contributed by atoms with van der Waals surface area (Å²) in [5, 5.41) is 9.17. The second kappa shape index (κ2) is 3.77. The Balaban J connectivity index is 2.51. The van der Waals surface area contributed by atoms with Crippen LogP contribution in [0.5, 0.6) is 0 Å². The lowest BCUT2D eigenvalue weighted by atomic mass is 9.81. The number of aliphatic hydroxyl groups is 1. The summed E-state index contributed by atoms with van der Waals surface area (Å²) in [6.07, 6.45) is 0. The van der Waals surface area contributed by atoms with Crippen LogP contribution in [-0.4, -0.2) is 24.3 Å². The summed E-state index contributed by atoms with van der Waals surface area (Å²) in [5.41, 5.74) is 4.15. The van der Waals surface area contributed by atoms with E-state index in [1.807, 2.05) is 0 Å². The topological polar surface area (TPSA) is 23.5 Å². The maximum atomic E-state index is 9.17. The number of fused-ring (bicyclic) bond motifs is 1. The number of anilines is 1. The molecular weight excluding hydrogens is 198 g/mol. The molecule has 88 valence electrons. The van der Waals surface area contributed by atoms with Gasteiger partial charge in [-0.05, 0) is 31.0 Å². The minimum Gasteiger partial charge on any atom is -0.395 e. The normalized spacial score (nSPS) is 22.3. The third-order valence-corrected chi connectivity index (χ3v) is 4.01. The van der Waals surface area contributed by atoms with Gasteiger partial charge in [-0.2, -0.15) is 0 Å². The van der Waals surface area contributed by atoms with E-state index in [4.69, 9.17) is 5.11 Å². The van der Waals surface area contributed by atoms with Crippen molar-refractivity contribution in [2.75, 3.05) is 18.1 Å². The van der Waals surface area contributed by atoms with Gasteiger partial charge >= 0.3 is 0 Å². The molecule has 2 rings (SSSR count). The molecule has 2 heteroatoms. The molecule has 2 nitrogen and oxygen atoms in total. The number of nitrogens with zero attached hydrogens (tertiary/aromatic N) is 1. The maximum absolute atomic E-state index is 9.17. The van der Waals surface area contributed by atoms with Crippen LogP contribution in [0.4, 0.5) is 5.69 Å². The quantitative estimate of drug-likeness (QED) is 0.826. The molecule has 1 aromatic rings. The van der Waals surface area contributed by atoms with Crippen molar-refractivity contribution in [3.63, 3.8) is 0 Å². The number of aryl methyl sites for hydroxylation is 1. The molecule has 1 aliphatic rings. The fourth-order valence-electron chi connectivity index (χ4n) is 2.67. The van der Waals surface area contributed by atoms with E-state index >= 15 is 0 Å². The summed E-state index contributed by atoms with van der Waals surface area (Å²) < 4.78 is 0. The Hall–Kier alpha value is -1.02. The average molecular weight is 219 g/mol. The average Bonchev–Trinajstić information content (AvgIpc) is 2.40. The van der Waals surface area contributed by atoms with E-state index in [2.05, 4.69) is 50.8 Å². The first-order chi connectivity index (χ1) is 7.48. The smallest absolute Gasteiger partial charge is 0.0606 e. The molecule has 1 aromatic carbocycles. The van der Waals surface area contributed by atoms with Crippen molar-refractivity contribution in [1.82, 2.24) is 0 Å². The second-order valence-corrected chi connectivity index (χ2v) is 5.34. The highest BCUT2D eigenvalue weighted by molar-refractivity contribution is 5.64. The van der Waals surface area contributed by atoms with Gasteiger partial charge in [0.2, 0.25) is 0 Å². The van der Waals surface area contributed by atoms with Crippen molar-refractivity contribution < 1.29 is 5.11 Å². The third kappa shape index (κ3) is 1.52. The van der Waals surface area contributed by atoms with Crippen molar-refractivity contribution in [3.8, 4) is 0 Å². The van der Waals surface area contributed by atoms with Crippen LogP contribution >= 0.6 is 0 Å². The van der Waals surface area contributed by atoms with Crippen LogP contribution in [-0.2, 0) is 5.41 Å². The number of benzene rings is 1. The summed E-state index contributed by atoms with van der Waals surface area (Å²) in [6.45, 7) is 9.86. The molecule has 0 spiro atoms. The second-order valence-electron chi connectivity index (χ2n) is 5.34. The fraction of sp³-hybridized carbons (Fsp3) is 0.571. The third-order valence-electron chi connectivity index (χ3n) is 4.01. The fourth-order valence-corrected chi connectivity index (χ4v) is 2.67. The Kier molecular flexibility index (Phi) is 2.70. The number of rotatable bonds is 2. The zero-order valence-electron chi connectivity index (χ0n) is 10.6. The molecule has 0 saturated carbocycles. The van der Waals surface area contributed by atoms with Gasteiger partial charge in [0.15, 0.2) is 0 Å². The van der Waals surface area contributed by atoms with Crippen LogP contribution in [0.1, 0.15) is 31.9 Å². The number of hydrogen-bond donors (Lipinski definition) is 1. The Labute approximate surface area is 97.9 Å². The largest absolute Gasteiger partial charge is 0.395 e. The van der Waals surface area contributed by atoms with E-state index in [9.17, 15) is 0 Å². The first-order valence-corrected chi connectivity index (χ1v) is 5.97. The molecule has 0 amide bonds. The molecule has 1 atom stereocenters. The lowest BCUT2D eigenvalue weighted by Gasteiger charge is -2.31. The van der Waals surface area contributed by atoms with Crippen molar-refractivity contribution >= 4 is 5.69 Å².